The van der Waals surface area contributed by atoms with Crippen LogP contribution in [0.3, 0.4) is 0 Å². The van der Waals surface area contributed by atoms with Gasteiger partial charge in [0.05, 0.1) is 7.11 Å². The summed E-state index contributed by atoms with van der Waals surface area (Å²) in [5, 5.41) is 10.7. The molecule has 0 unspecified atom stereocenters. The molecular weight excluding hydrogens is 342 g/mol. The highest BCUT2D eigenvalue weighted by molar-refractivity contribution is 5.79. The van der Waals surface area contributed by atoms with Crippen LogP contribution in [0.25, 0.3) is 11.4 Å². The zero-order valence-electron chi connectivity index (χ0n) is 16.6. The maximum atomic E-state index is 5.36. The van der Waals surface area contributed by atoms with E-state index in [1.54, 1.807) is 7.11 Å². The highest BCUT2D eigenvalue weighted by Gasteiger charge is 2.08. The number of benzene rings is 1. The molecule has 148 valence electrons. The van der Waals surface area contributed by atoms with Gasteiger partial charge in [0, 0.05) is 31.6 Å². The van der Waals surface area contributed by atoms with Crippen molar-refractivity contribution in [2.75, 3.05) is 26.7 Å². The molecule has 0 aliphatic carbocycles. The molecule has 2 aromatic rings. The Bertz CT molecular complexity index is 682. The average Bonchev–Trinajstić information content (AvgIpc) is 3.17. The Hall–Kier alpha value is -2.57. The number of hydrogen-bond acceptors (Lipinski definition) is 5. The number of guanidine groups is 1. The van der Waals surface area contributed by atoms with Gasteiger partial charge in [0.1, 0.15) is 5.75 Å². The molecule has 2 N–H and O–H groups in total. The van der Waals surface area contributed by atoms with Crippen LogP contribution >= 0.6 is 0 Å². The molecule has 7 nitrogen and oxygen atoms in total. The SMILES string of the molecule is CCCN=C(NCC)NCCCCCc1nc(-c2ccc(OC)cc2)no1. The molecular formula is C20H31N5O2. The van der Waals surface area contributed by atoms with Crippen molar-refractivity contribution in [2.24, 2.45) is 4.99 Å². The predicted octanol–water partition coefficient (Wildman–Crippen LogP) is 3.42. The van der Waals surface area contributed by atoms with Crippen molar-refractivity contribution in [1.29, 1.82) is 0 Å². The molecule has 1 heterocycles. The molecule has 0 fully saturated rings. The maximum Gasteiger partial charge on any atom is 0.226 e. The van der Waals surface area contributed by atoms with Crippen molar-refractivity contribution >= 4 is 5.96 Å². The fourth-order valence-corrected chi connectivity index (χ4v) is 2.56. The van der Waals surface area contributed by atoms with E-state index in [0.29, 0.717) is 11.7 Å². The summed E-state index contributed by atoms with van der Waals surface area (Å²) in [4.78, 5) is 8.97. The maximum absolute atomic E-state index is 5.36. The molecule has 0 bridgehead atoms. The van der Waals surface area contributed by atoms with Gasteiger partial charge in [-0.05, 0) is 50.5 Å². The van der Waals surface area contributed by atoms with Gasteiger partial charge in [0.2, 0.25) is 11.7 Å². The molecule has 7 heteroatoms. The summed E-state index contributed by atoms with van der Waals surface area (Å²) < 4.78 is 10.5. The molecule has 0 spiro atoms. The molecule has 0 aliphatic heterocycles. The van der Waals surface area contributed by atoms with E-state index in [-0.39, 0.29) is 0 Å². The number of ether oxygens (including phenoxy) is 1. The molecule has 1 aromatic heterocycles. The van der Waals surface area contributed by atoms with Crippen LogP contribution in [0.15, 0.2) is 33.8 Å². The Morgan fingerprint density at radius 1 is 1.11 bits per heavy atom. The molecule has 0 saturated heterocycles. The van der Waals surface area contributed by atoms with Crippen LogP contribution in [0.1, 0.15) is 45.4 Å². The van der Waals surface area contributed by atoms with E-state index in [9.17, 15) is 0 Å². The van der Waals surface area contributed by atoms with Crippen LogP contribution in [0.5, 0.6) is 5.75 Å². The first-order valence-electron chi connectivity index (χ1n) is 9.76. The lowest BCUT2D eigenvalue weighted by molar-refractivity contribution is 0.374. The summed E-state index contributed by atoms with van der Waals surface area (Å²) in [6, 6.07) is 7.65. The zero-order chi connectivity index (χ0) is 19.3. The van der Waals surface area contributed by atoms with Crippen LogP contribution in [-0.2, 0) is 6.42 Å². The number of hydrogen-bond donors (Lipinski definition) is 2. The van der Waals surface area contributed by atoms with Crippen molar-refractivity contribution in [3.63, 3.8) is 0 Å². The van der Waals surface area contributed by atoms with Crippen LogP contribution in [0, 0.1) is 0 Å². The smallest absolute Gasteiger partial charge is 0.226 e. The fraction of sp³-hybridized carbons (Fsp3) is 0.550. The van der Waals surface area contributed by atoms with Crippen LogP contribution in [0.2, 0.25) is 0 Å². The third-order valence-electron chi connectivity index (χ3n) is 4.01. The molecule has 27 heavy (non-hydrogen) atoms. The van der Waals surface area contributed by atoms with Gasteiger partial charge in [-0.1, -0.05) is 18.5 Å². The highest BCUT2D eigenvalue weighted by atomic mass is 16.5. The van der Waals surface area contributed by atoms with Crippen molar-refractivity contribution < 1.29 is 9.26 Å². The summed E-state index contributed by atoms with van der Waals surface area (Å²) in [6.07, 6.45) is 5.05. The first kappa shape index (κ1) is 20.7. The topological polar surface area (TPSA) is 84.6 Å². The number of methoxy groups -OCH3 is 1. The largest absolute Gasteiger partial charge is 0.497 e. The van der Waals surface area contributed by atoms with E-state index in [0.717, 1.165) is 69.0 Å². The van der Waals surface area contributed by atoms with E-state index in [2.05, 4.69) is 39.6 Å². The second kappa shape index (κ2) is 11.9. The number of nitrogens with zero attached hydrogens (tertiary/aromatic N) is 3. The van der Waals surface area contributed by atoms with Gasteiger partial charge in [-0.15, -0.1) is 0 Å². The van der Waals surface area contributed by atoms with Crippen LogP contribution in [0.4, 0.5) is 0 Å². The first-order chi connectivity index (χ1) is 13.3. The molecule has 0 atom stereocenters. The lowest BCUT2D eigenvalue weighted by Crippen LogP contribution is -2.37. The molecule has 0 amide bonds. The quantitative estimate of drug-likeness (QED) is 0.357. The second-order valence-electron chi connectivity index (χ2n) is 6.24. The Labute approximate surface area is 161 Å². The third-order valence-corrected chi connectivity index (χ3v) is 4.01. The monoisotopic (exact) mass is 373 g/mol. The van der Waals surface area contributed by atoms with Crippen LogP contribution < -0.4 is 15.4 Å². The third kappa shape index (κ3) is 7.29. The molecule has 1 aromatic carbocycles. The minimum atomic E-state index is 0.622. The summed E-state index contributed by atoms with van der Waals surface area (Å²) in [5.74, 6) is 3.02. The van der Waals surface area contributed by atoms with E-state index >= 15 is 0 Å². The molecule has 0 aliphatic rings. The number of aryl methyl sites for hydroxylation is 1. The lowest BCUT2D eigenvalue weighted by atomic mass is 10.2. The van der Waals surface area contributed by atoms with Crippen molar-refractivity contribution in [2.45, 2.75) is 46.0 Å². The highest BCUT2D eigenvalue weighted by Crippen LogP contribution is 2.20. The van der Waals surface area contributed by atoms with Crippen molar-refractivity contribution in [3.8, 4) is 17.1 Å². The summed E-state index contributed by atoms with van der Waals surface area (Å²) in [7, 11) is 1.65. The Morgan fingerprint density at radius 2 is 1.93 bits per heavy atom. The lowest BCUT2D eigenvalue weighted by Gasteiger charge is -2.10. The minimum Gasteiger partial charge on any atom is -0.497 e. The number of aliphatic imine (C=N–C) groups is 1. The zero-order valence-corrected chi connectivity index (χ0v) is 16.6. The van der Waals surface area contributed by atoms with Gasteiger partial charge in [-0.2, -0.15) is 4.98 Å². The van der Waals surface area contributed by atoms with Crippen LogP contribution in [-0.4, -0.2) is 42.8 Å². The van der Waals surface area contributed by atoms with Crippen molar-refractivity contribution in [1.82, 2.24) is 20.8 Å². The number of unbranched alkanes of at least 4 members (excludes halogenated alkanes) is 2. The summed E-state index contributed by atoms with van der Waals surface area (Å²) in [5.41, 5.74) is 0.928. The molecule has 0 saturated carbocycles. The van der Waals surface area contributed by atoms with Gasteiger partial charge in [0.15, 0.2) is 5.96 Å². The summed E-state index contributed by atoms with van der Waals surface area (Å²) >= 11 is 0. The Kier molecular flexibility index (Phi) is 9.17. The van der Waals surface area contributed by atoms with Gasteiger partial charge < -0.3 is 19.9 Å². The van der Waals surface area contributed by atoms with E-state index in [1.165, 1.54) is 0 Å². The fourth-order valence-electron chi connectivity index (χ4n) is 2.56. The minimum absolute atomic E-state index is 0.622. The predicted molar refractivity (Wildman–Crippen MR) is 108 cm³/mol. The normalized spacial score (nSPS) is 11.4. The first-order valence-corrected chi connectivity index (χ1v) is 9.76. The van der Waals surface area contributed by atoms with Gasteiger partial charge in [0.25, 0.3) is 0 Å². The number of nitrogens with one attached hydrogen (secondary N) is 2. The number of rotatable bonds is 11. The standard InChI is InChI=1S/C20H31N5O2/c1-4-14-22-20(21-5-2)23-15-8-6-7-9-18-24-19(25-27-18)16-10-12-17(26-3)13-11-16/h10-13H,4-9,14-15H2,1-3H3,(H2,21,22,23). The van der Waals surface area contributed by atoms with Crippen molar-refractivity contribution in [3.05, 3.63) is 30.2 Å². The van der Waals surface area contributed by atoms with E-state index in [4.69, 9.17) is 9.26 Å². The molecule has 2 rings (SSSR count). The van der Waals surface area contributed by atoms with Gasteiger partial charge in [-0.25, -0.2) is 0 Å². The molecule has 0 radical (unpaired) electrons. The van der Waals surface area contributed by atoms with E-state index in [1.807, 2.05) is 24.3 Å². The average molecular weight is 374 g/mol. The summed E-state index contributed by atoms with van der Waals surface area (Å²) in [6.45, 7) is 6.85. The second-order valence-corrected chi connectivity index (χ2v) is 6.24. The van der Waals surface area contributed by atoms with Gasteiger partial charge in [-0.3, -0.25) is 4.99 Å². The van der Waals surface area contributed by atoms with Gasteiger partial charge >= 0.3 is 0 Å². The van der Waals surface area contributed by atoms with E-state index < -0.39 is 0 Å². The Balaban J connectivity index is 1.68. The Morgan fingerprint density at radius 3 is 2.63 bits per heavy atom. The number of aromatic nitrogens is 2.